The zero-order valence-corrected chi connectivity index (χ0v) is 16.7. The summed E-state index contributed by atoms with van der Waals surface area (Å²) in [6.45, 7) is 10.2. The van der Waals surface area contributed by atoms with Gasteiger partial charge in [0.15, 0.2) is 5.96 Å². The van der Waals surface area contributed by atoms with Crippen LogP contribution in [0.1, 0.15) is 37.6 Å². The van der Waals surface area contributed by atoms with Crippen LogP contribution in [0, 0.1) is 13.8 Å². The number of aromatic nitrogens is 3. The summed E-state index contributed by atoms with van der Waals surface area (Å²) in [5.74, 6) is 0.850. The SMILES string of the molecule is CCNC(=NCCCn1nc(C)cc1C)NCCCCn1ccccc1=O. The number of rotatable bonds is 10. The molecule has 27 heavy (non-hydrogen) atoms. The van der Waals surface area contributed by atoms with Gasteiger partial charge in [0.25, 0.3) is 0 Å². The van der Waals surface area contributed by atoms with Gasteiger partial charge in [-0.05, 0) is 52.2 Å². The Morgan fingerprint density at radius 3 is 2.70 bits per heavy atom. The lowest BCUT2D eigenvalue weighted by Crippen LogP contribution is -2.38. The topological polar surface area (TPSA) is 76.2 Å². The van der Waals surface area contributed by atoms with E-state index in [2.05, 4.69) is 40.6 Å². The molecule has 0 bridgehead atoms. The van der Waals surface area contributed by atoms with Crippen LogP contribution in [0.15, 0.2) is 40.2 Å². The summed E-state index contributed by atoms with van der Waals surface area (Å²) < 4.78 is 3.79. The standard InChI is InChI=1S/C20H32N6O/c1-4-21-20(23-12-9-15-26-18(3)16-17(2)24-26)22-11-6-8-14-25-13-7-5-10-19(25)27/h5,7,10,13,16H,4,6,8-9,11-12,14-15H2,1-3H3,(H2,21,22,23). The van der Waals surface area contributed by atoms with Gasteiger partial charge in [-0.15, -0.1) is 0 Å². The summed E-state index contributed by atoms with van der Waals surface area (Å²) in [5, 5.41) is 11.1. The first-order valence-corrected chi connectivity index (χ1v) is 9.79. The molecule has 2 N–H and O–H groups in total. The van der Waals surface area contributed by atoms with Gasteiger partial charge in [-0.3, -0.25) is 14.5 Å². The number of nitrogens with one attached hydrogen (secondary N) is 2. The van der Waals surface area contributed by atoms with E-state index in [9.17, 15) is 4.79 Å². The van der Waals surface area contributed by atoms with E-state index in [4.69, 9.17) is 0 Å². The average Bonchev–Trinajstić information content (AvgIpc) is 2.97. The highest BCUT2D eigenvalue weighted by Gasteiger charge is 2.01. The molecule has 7 heteroatoms. The first-order valence-electron chi connectivity index (χ1n) is 9.79. The van der Waals surface area contributed by atoms with Gasteiger partial charge in [0, 0.05) is 50.7 Å². The molecule has 0 spiro atoms. The van der Waals surface area contributed by atoms with Crippen molar-refractivity contribution < 1.29 is 0 Å². The first-order chi connectivity index (χ1) is 13.1. The van der Waals surface area contributed by atoms with Crippen molar-refractivity contribution in [3.63, 3.8) is 0 Å². The summed E-state index contributed by atoms with van der Waals surface area (Å²) >= 11 is 0. The van der Waals surface area contributed by atoms with Crippen LogP contribution >= 0.6 is 0 Å². The van der Waals surface area contributed by atoms with E-state index in [0.29, 0.717) is 0 Å². The van der Waals surface area contributed by atoms with Crippen molar-refractivity contribution in [2.24, 2.45) is 4.99 Å². The highest BCUT2D eigenvalue weighted by Crippen LogP contribution is 2.02. The number of unbranched alkanes of at least 4 members (excludes halogenated alkanes) is 1. The van der Waals surface area contributed by atoms with Crippen LogP contribution in [0.2, 0.25) is 0 Å². The van der Waals surface area contributed by atoms with Crippen LogP contribution in [-0.2, 0) is 13.1 Å². The van der Waals surface area contributed by atoms with Gasteiger partial charge < -0.3 is 15.2 Å². The fourth-order valence-electron chi connectivity index (χ4n) is 2.91. The van der Waals surface area contributed by atoms with Gasteiger partial charge >= 0.3 is 0 Å². The molecule has 2 heterocycles. The summed E-state index contributed by atoms with van der Waals surface area (Å²) in [6.07, 6.45) is 4.73. The number of hydrogen-bond acceptors (Lipinski definition) is 3. The van der Waals surface area contributed by atoms with E-state index in [0.717, 1.165) is 63.6 Å². The average molecular weight is 373 g/mol. The van der Waals surface area contributed by atoms with Crippen LogP contribution in [0.4, 0.5) is 0 Å². The minimum Gasteiger partial charge on any atom is -0.357 e. The smallest absolute Gasteiger partial charge is 0.250 e. The molecule has 0 aliphatic rings. The van der Waals surface area contributed by atoms with Crippen molar-refractivity contribution in [1.82, 2.24) is 25.0 Å². The molecule has 2 aromatic rings. The molecular weight excluding hydrogens is 340 g/mol. The fraction of sp³-hybridized carbons (Fsp3) is 0.550. The number of hydrogen-bond donors (Lipinski definition) is 2. The summed E-state index contributed by atoms with van der Waals surface area (Å²) in [5.41, 5.74) is 2.31. The van der Waals surface area contributed by atoms with E-state index in [-0.39, 0.29) is 5.56 Å². The highest BCUT2D eigenvalue weighted by molar-refractivity contribution is 5.79. The van der Waals surface area contributed by atoms with E-state index in [1.807, 2.05) is 23.9 Å². The number of guanidine groups is 1. The first kappa shape index (κ1) is 20.7. The van der Waals surface area contributed by atoms with Gasteiger partial charge in [-0.2, -0.15) is 5.10 Å². The molecular formula is C20H32N6O. The van der Waals surface area contributed by atoms with Gasteiger partial charge in [0.05, 0.1) is 5.69 Å². The van der Waals surface area contributed by atoms with Crippen molar-refractivity contribution in [2.45, 2.75) is 53.1 Å². The molecule has 2 aromatic heterocycles. The van der Waals surface area contributed by atoms with E-state index in [1.54, 1.807) is 16.7 Å². The van der Waals surface area contributed by atoms with Crippen molar-refractivity contribution in [3.8, 4) is 0 Å². The monoisotopic (exact) mass is 372 g/mol. The lowest BCUT2D eigenvalue weighted by atomic mass is 10.3. The minimum absolute atomic E-state index is 0.0583. The summed E-state index contributed by atoms with van der Waals surface area (Å²) in [7, 11) is 0. The predicted octanol–water partition coefficient (Wildman–Crippen LogP) is 2.09. The number of pyridine rings is 1. The third kappa shape index (κ3) is 7.29. The summed E-state index contributed by atoms with van der Waals surface area (Å²) in [4.78, 5) is 16.3. The Kier molecular flexibility index (Phi) is 8.61. The molecule has 0 saturated carbocycles. The Morgan fingerprint density at radius 1 is 1.15 bits per heavy atom. The second-order valence-corrected chi connectivity index (χ2v) is 6.63. The van der Waals surface area contributed by atoms with E-state index >= 15 is 0 Å². The Bertz CT molecular complexity index is 777. The van der Waals surface area contributed by atoms with E-state index in [1.165, 1.54) is 5.69 Å². The Balaban J connectivity index is 1.67. The van der Waals surface area contributed by atoms with E-state index < -0.39 is 0 Å². The molecule has 0 atom stereocenters. The molecule has 2 rings (SSSR count). The summed E-state index contributed by atoms with van der Waals surface area (Å²) in [6, 6.07) is 7.36. The van der Waals surface area contributed by atoms with Gasteiger partial charge in [0.1, 0.15) is 0 Å². The molecule has 0 aliphatic heterocycles. The third-order valence-corrected chi connectivity index (χ3v) is 4.26. The fourth-order valence-corrected chi connectivity index (χ4v) is 2.91. The highest BCUT2D eigenvalue weighted by atomic mass is 16.1. The molecule has 0 radical (unpaired) electrons. The number of aryl methyl sites for hydroxylation is 4. The molecule has 0 unspecified atom stereocenters. The van der Waals surface area contributed by atoms with Crippen LogP contribution in [0.5, 0.6) is 0 Å². The Labute approximate surface area is 161 Å². The Hall–Kier alpha value is -2.57. The maximum absolute atomic E-state index is 11.7. The molecule has 148 valence electrons. The third-order valence-electron chi connectivity index (χ3n) is 4.26. The second-order valence-electron chi connectivity index (χ2n) is 6.63. The zero-order valence-electron chi connectivity index (χ0n) is 16.7. The quantitative estimate of drug-likeness (QED) is 0.380. The minimum atomic E-state index is 0.0583. The lowest BCUT2D eigenvalue weighted by Gasteiger charge is -2.11. The van der Waals surface area contributed by atoms with Crippen LogP contribution in [0.3, 0.4) is 0 Å². The van der Waals surface area contributed by atoms with Gasteiger partial charge in [-0.1, -0.05) is 6.07 Å². The molecule has 0 aromatic carbocycles. The maximum atomic E-state index is 11.7. The predicted molar refractivity (Wildman–Crippen MR) is 110 cm³/mol. The number of aliphatic imine (C=N–C) groups is 1. The van der Waals surface area contributed by atoms with Crippen LogP contribution < -0.4 is 16.2 Å². The van der Waals surface area contributed by atoms with Crippen molar-refractivity contribution >= 4 is 5.96 Å². The van der Waals surface area contributed by atoms with Crippen molar-refractivity contribution in [1.29, 1.82) is 0 Å². The van der Waals surface area contributed by atoms with Gasteiger partial charge in [0.2, 0.25) is 5.56 Å². The largest absolute Gasteiger partial charge is 0.357 e. The maximum Gasteiger partial charge on any atom is 0.250 e. The molecule has 0 amide bonds. The molecule has 0 saturated heterocycles. The Morgan fingerprint density at radius 2 is 2.00 bits per heavy atom. The molecule has 0 aliphatic carbocycles. The van der Waals surface area contributed by atoms with Crippen molar-refractivity contribution in [3.05, 3.63) is 52.2 Å². The normalized spacial score (nSPS) is 11.6. The number of nitrogens with zero attached hydrogens (tertiary/aromatic N) is 4. The second kappa shape index (κ2) is 11.2. The van der Waals surface area contributed by atoms with Gasteiger partial charge in [-0.25, -0.2) is 0 Å². The van der Waals surface area contributed by atoms with Crippen LogP contribution in [0.25, 0.3) is 0 Å². The zero-order chi connectivity index (χ0) is 19.5. The molecule has 0 fully saturated rings. The van der Waals surface area contributed by atoms with Crippen LogP contribution in [-0.4, -0.2) is 39.9 Å². The van der Waals surface area contributed by atoms with Crippen molar-refractivity contribution in [2.75, 3.05) is 19.6 Å². The molecule has 7 nitrogen and oxygen atoms in total. The lowest BCUT2D eigenvalue weighted by molar-refractivity contribution is 0.565.